The van der Waals surface area contributed by atoms with E-state index >= 15 is 0 Å². The minimum atomic E-state index is -2.76. The highest BCUT2D eigenvalue weighted by atomic mass is 31.2. The molecule has 3 atom stereocenters. The predicted molar refractivity (Wildman–Crippen MR) is 66.8 cm³/mol. The molecule has 7 heteroatoms. The Bertz CT molecular complexity index is 468. The van der Waals surface area contributed by atoms with E-state index in [2.05, 4.69) is 0 Å². The first-order valence-electron chi connectivity index (χ1n) is 6.28. The molecule has 0 spiro atoms. The number of halogens is 2. The third-order valence-electron chi connectivity index (χ3n) is 3.96. The van der Waals surface area contributed by atoms with Crippen molar-refractivity contribution in [3.8, 4) is 0 Å². The Kier molecular flexibility index (Phi) is 3.37. The molecule has 108 valence electrons. The average Bonchev–Trinajstić information content (AvgIpc) is 2.92. The molecular weight excluding hydrogens is 275 g/mol. The highest BCUT2D eigenvalue weighted by Gasteiger charge is 2.54. The van der Waals surface area contributed by atoms with Gasteiger partial charge in [-0.25, -0.2) is 8.78 Å². The normalized spacial score (nSPS) is 32.1. The van der Waals surface area contributed by atoms with Crippen molar-refractivity contribution < 1.29 is 22.9 Å². The van der Waals surface area contributed by atoms with Crippen LogP contribution in [0, 0.1) is 11.8 Å². The molecule has 0 N–H and O–H groups in total. The van der Waals surface area contributed by atoms with Crippen molar-refractivity contribution in [1.29, 1.82) is 0 Å². The molecule has 1 aliphatic carbocycles. The molecule has 0 aromatic heterocycles. The van der Waals surface area contributed by atoms with Gasteiger partial charge in [-0.2, -0.15) is 0 Å². The number of hydrogen-bond acceptors (Lipinski definition) is 3. The van der Waals surface area contributed by atoms with Gasteiger partial charge in [0.05, 0.1) is 7.14 Å². The lowest BCUT2D eigenvalue weighted by Crippen LogP contribution is -2.34. The fraction of sp³-hybridized carbons (Fsp3) is 0.833. The Hall–Kier alpha value is -0.770. The van der Waals surface area contributed by atoms with Crippen LogP contribution in [0.15, 0.2) is 0 Å². The van der Waals surface area contributed by atoms with Gasteiger partial charge in [-0.05, 0) is 32.6 Å². The first-order valence-corrected chi connectivity index (χ1v) is 8.95. The van der Waals surface area contributed by atoms with E-state index in [1.54, 1.807) is 0 Å². The Balaban J connectivity index is 2.02. The Morgan fingerprint density at radius 3 is 2.32 bits per heavy atom. The minimum absolute atomic E-state index is 0.0439. The number of alkyl halides is 2. The van der Waals surface area contributed by atoms with Gasteiger partial charge in [-0.1, -0.05) is 0 Å². The summed E-state index contributed by atoms with van der Waals surface area (Å²) in [6.45, 7) is 3.86. The summed E-state index contributed by atoms with van der Waals surface area (Å²) in [7, 11) is -2.68. The molecule has 1 saturated carbocycles. The molecule has 0 aromatic rings. The van der Waals surface area contributed by atoms with Gasteiger partial charge in [0, 0.05) is 18.9 Å². The maximum Gasteiger partial charge on any atom is 0.248 e. The molecule has 0 radical (unpaired) electrons. The summed E-state index contributed by atoms with van der Waals surface area (Å²) < 4.78 is 38.0. The molecule has 1 unspecified atom stereocenters. The van der Waals surface area contributed by atoms with E-state index in [-0.39, 0.29) is 24.8 Å². The van der Waals surface area contributed by atoms with Crippen molar-refractivity contribution in [2.45, 2.75) is 31.3 Å². The van der Waals surface area contributed by atoms with Gasteiger partial charge in [0.25, 0.3) is 0 Å². The van der Waals surface area contributed by atoms with Crippen molar-refractivity contribution in [3.05, 3.63) is 0 Å². The van der Waals surface area contributed by atoms with Crippen molar-refractivity contribution in [1.82, 2.24) is 4.90 Å². The van der Waals surface area contributed by atoms with Gasteiger partial charge in [0.2, 0.25) is 17.7 Å². The number of rotatable bonds is 4. The topological polar surface area (TPSA) is 54.5 Å². The highest BCUT2D eigenvalue weighted by Crippen LogP contribution is 2.51. The quantitative estimate of drug-likeness (QED) is 0.588. The Morgan fingerprint density at radius 1 is 1.37 bits per heavy atom. The van der Waals surface area contributed by atoms with E-state index < -0.39 is 30.5 Å². The smallest absolute Gasteiger partial charge is 0.248 e. The maximum absolute atomic E-state index is 13.1. The molecular formula is C12H18F2NO3P. The third kappa shape index (κ3) is 2.88. The van der Waals surface area contributed by atoms with Gasteiger partial charge < -0.3 is 4.57 Å². The van der Waals surface area contributed by atoms with Crippen LogP contribution < -0.4 is 0 Å². The molecule has 2 aliphatic rings. The lowest BCUT2D eigenvalue weighted by Gasteiger charge is -2.17. The first kappa shape index (κ1) is 14.6. The van der Waals surface area contributed by atoms with Crippen LogP contribution in [-0.4, -0.2) is 48.2 Å². The second-order valence-corrected chi connectivity index (χ2v) is 9.55. The zero-order chi connectivity index (χ0) is 14.6. The minimum Gasteiger partial charge on any atom is -0.323 e. The first-order chi connectivity index (χ1) is 8.51. The van der Waals surface area contributed by atoms with Crippen molar-refractivity contribution in [2.24, 2.45) is 11.8 Å². The maximum atomic E-state index is 13.1. The SMILES string of the molecule is CC(F)(F)[C@@H]1C[C@H]1CN1C(=O)CC(P(C)(C)=O)C1=O. The average molecular weight is 293 g/mol. The van der Waals surface area contributed by atoms with Crippen LogP contribution in [0.25, 0.3) is 0 Å². The second-order valence-electron chi connectivity index (χ2n) is 6.06. The second kappa shape index (κ2) is 4.37. The summed E-state index contributed by atoms with van der Waals surface area (Å²) >= 11 is 0. The molecule has 1 saturated heterocycles. The number of likely N-dealkylation sites (tertiary alicyclic amines) is 1. The van der Waals surface area contributed by atoms with Crippen LogP contribution >= 0.6 is 7.14 Å². The van der Waals surface area contributed by atoms with E-state index in [4.69, 9.17) is 0 Å². The Morgan fingerprint density at radius 2 is 1.95 bits per heavy atom. The number of carbonyl (C=O) groups excluding carboxylic acids is 2. The predicted octanol–water partition coefficient (Wildman–Crippen LogP) is 2.03. The summed E-state index contributed by atoms with van der Waals surface area (Å²) in [5.74, 6) is -4.67. The zero-order valence-electron chi connectivity index (χ0n) is 11.2. The highest BCUT2D eigenvalue weighted by molar-refractivity contribution is 7.64. The molecule has 0 bridgehead atoms. The van der Waals surface area contributed by atoms with E-state index in [1.807, 2.05) is 0 Å². The van der Waals surface area contributed by atoms with Gasteiger partial charge in [-0.3, -0.25) is 14.5 Å². The summed E-state index contributed by atoms with van der Waals surface area (Å²) in [4.78, 5) is 24.8. The van der Waals surface area contributed by atoms with Crippen LogP contribution in [0.4, 0.5) is 8.78 Å². The van der Waals surface area contributed by atoms with Crippen molar-refractivity contribution >= 4 is 19.0 Å². The molecule has 1 heterocycles. The molecule has 2 amide bonds. The third-order valence-corrected chi connectivity index (χ3v) is 5.87. The van der Waals surface area contributed by atoms with Crippen molar-refractivity contribution in [3.63, 3.8) is 0 Å². The van der Waals surface area contributed by atoms with Gasteiger partial charge in [-0.15, -0.1) is 0 Å². The van der Waals surface area contributed by atoms with Crippen LogP contribution in [0.1, 0.15) is 19.8 Å². The number of hydrogen-bond donors (Lipinski definition) is 0. The standard InChI is InChI=1S/C12H18F2NO3P/c1-12(13,14)8-4-7(8)6-15-10(16)5-9(11(15)17)19(2,3)18/h7-9H,4-6H2,1-3H3/t7-,8+,9?/m0/s1. The molecule has 2 fully saturated rings. The van der Waals surface area contributed by atoms with E-state index in [1.165, 1.54) is 13.3 Å². The van der Waals surface area contributed by atoms with Crippen LogP contribution in [0.2, 0.25) is 0 Å². The molecule has 1 aliphatic heterocycles. The lowest BCUT2D eigenvalue weighted by atomic mass is 10.2. The van der Waals surface area contributed by atoms with Gasteiger partial charge >= 0.3 is 0 Å². The molecule has 4 nitrogen and oxygen atoms in total. The summed E-state index contributed by atoms with van der Waals surface area (Å²) in [6.07, 6.45) is 0.282. The summed E-state index contributed by atoms with van der Waals surface area (Å²) in [6, 6.07) is 0. The largest absolute Gasteiger partial charge is 0.323 e. The monoisotopic (exact) mass is 293 g/mol. The van der Waals surface area contributed by atoms with Crippen molar-refractivity contribution in [2.75, 3.05) is 19.9 Å². The van der Waals surface area contributed by atoms with Crippen LogP contribution in [-0.2, 0) is 14.2 Å². The summed E-state index contributed by atoms with van der Waals surface area (Å²) in [5.41, 5.74) is -0.765. The fourth-order valence-corrected chi connectivity index (χ4v) is 3.92. The van der Waals surface area contributed by atoms with E-state index in [0.717, 1.165) is 11.8 Å². The molecule has 19 heavy (non-hydrogen) atoms. The van der Waals surface area contributed by atoms with Gasteiger partial charge in [0.15, 0.2) is 0 Å². The van der Waals surface area contributed by atoms with Crippen LogP contribution in [0.5, 0.6) is 0 Å². The number of carbonyl (C=O) groups is 2. The fourth-order valence-electron chi connectivity index (χ4n) is 2.65. The number of imide groups is 1. The number of nitrogens with zero attached hydrogens (tertiary/aromatic N) is 1. The van der Waals surface area contributed by atoms with Crippen LogP contribution in [0.3, 0.4) is 0 Å². The van der Waals surface area contributed by atoms with Gasteiger partial charge in [0.1, 0.15) is 5.66 Å². The summed E-state index contributed by atoms with van der Waals surface area (Å²) in [5, 5.41) is 0. The van der Waals surface area contributed by atoms with E-state index in [9.17, 15) is 22.9 Å². The molecule has 2 rings (SSSR count). The van der Waals surface area contributed by atoms with E-state index in [0.29, 0.717) is 6.42 Å². The Labute approximate surface area is 110 Å². The lowest BCUT2D eigenvalue weighted by molar-refractivity contribution is -0.138. The zero-order valence-corrected chi connectivity index (χ0v) is 12.1. The molecule has 0 aromatic carbocycles. The number of amides is 2.